The molecule has 0 aliphatic heterocycles. The lowest BCUT2D eigenvalue weighted by molar-refractivity contribution is -0.136. The van der Waals surface area contributed by atoms with Crippen LogP contribution in [0.1, 0.15) is 18.1 Å². The third kappa shape index (κ3) is 5.19. The zero-order chi connectivity index (χ0) is 18.4. The molecule has 0 aromatic heterocycles. The van der Waals surface area contributed by atoms with Crippen molar-refractivity contribution in [2.75, 3.05) is 11.9 Å². The Balaban J connectivity index is 1.94. The first kappa shape index (κ1) is 18.7. The number of benzene rings is 2. The van der Waals surface area contributed by atoms with Crippen molar-refractivity contribution in [3.8, 4) is 5.75 Å². The van der Waals surface area contributed by atoms with Crippen LogP contribution >= 0.6 is 11.6 Å². The van der Waals surface area contributed by atoms with E-state index in [1.165, 1.54) is 12.1 Å². The van der Waals surface area contributed by atoms with Gasteiger partial charge in [0, 0.05) is 17.3 Å². The van der Waals surface area contributed by atoms with Crippen LogP contribution in [0.3, 0.4) is 0 Å². The highest BCUT2D eigenvalue weighted by atomic mass is 35.5. The van der Waals surface area contributed by atoms with Crippen LogP contribution in [0.25, 0.3) is 0 Å². The van der Waals surface area contributed by atoms with Crippen molar-refractivity contribution < 1.29 is 18.7 Å². The molecule has 2 amide bonds. The summed E-state index contributed by atoms with van der Waals surface area (Å²) in [6, 6.07) is 9.34. The molecule has 5 nitrogen and oxygen atoms in total. The van der Waals surface area contributed by atoms with Crippen molar-refractivity contribution in [1.29, 1.82) is 0 Å². The number of anilines is 1. The third-order valence-corrected chi connectivity index (χ3v) is 3.64. The number of halogens is 2. The summed E-state index contributed by atoms with van der Waals surface area (Å²) in [5.41, 5.74) is 1.75. The number of carbonyl (C=O) groups excluding carboxylic acids is 2. The van der Waals surface area contributed by atoms with E-state index in [4.69, 9.17) is 16.3 Å². The van der Waals surface area contributed by atoms with Gasteiger partial charge in [0.1, 0.15) is 0 Å². The first-order chi connectivity index (χ1) is 11.9. The summed E-state index contributed by atoms with van der Waals surface area (Å²) in [6.07, 6.45) is 0. The van der Waals surface area contributed by atoms with Crippen molar-refractivity contribution in [2.45, 2.75) is 20.4 Å². The van der Waals surface area contributed by atoms with E-state index in [1.54, 1.807) is 38.1 Å². The van der Waals surface area contributed by atoms with Gasteiger partial charge in [0.25, 0.3) is 0 Å². The minimum absolute atomic E-state index is 0.0180. The fourth-order valence-electron chi connectivity index (χ4n) is 2.10. The molecule has 0 spiro atoms. The number of aryl methyl sites for hydroxylation is 1. The van der Waals surface area contributed by atoms with Crippen LogP contribution in [0.4, 0.5) is 10.1 Å². The molecule has 2 aromatic carbocycles. The van der Waals surface area contributed by atoms with Crippen LogP contribution in [-0.2, 0) is 16.1 Å². The van der Waals surface area contributed by atoms with Crippen molar-refractivity contribution in [2.24, 2.45) is 0 Å². The topological polar surface area (TPSA) is 67.4 Å². The van der Waals surface area contributed by atoms with Crippen LogP contribution in [0.15, 0.2) is 36.4 Å². The first-order valence-corrected chi connectivity index (χ1v) is 8.05. The van der Waals surface area contributed by atoms with Gasteiger partial charge in [0.15, 0.2) is 11.6 Å². The van der Waals surface area contributed by atoms with E-state index in [2.05, 4.69) is 10.6 Å². The van der Waals surface area contributed by atoms with Gasteiger partial charge in [0.05, 0.1) is 6.61 Å². The molecule has 0 fully saturated rings. The van der Waals surface area contributed by atoms with Gasteiger partial charge in [-0.05, 0) is 49.2 Å². The molecule has 0 radical (unpaired) electrons. The van der Waals surface area contributed by atoms with E-state index in [-0.39, 0.29) is 12.3 Å². The Labute approximate surface area is 150 Å². The molecule has 25 heavy (non-hydrogen) atoms. The van der Waals surface area contributed by atoms with Gasteiger partial charge in [-0.1, -0.05) is 23.7 Å². The van der Waals surface area contributed by atoms with E-state index in [0.717, 1.165) is 5.56 Å². The molecule has 0 bridgehead atoms. The summed E-state index contributed by atoms with van der Waals surface area (Å²) in [6.45, 7) is 3.92. The Bertz CT molecular complexity index is 796. The monoisotopic (exact) mass is 364 g/mol. The highest BCUT2D eigenvalue weighted by Gasteiger charge is 2.15. The number of rotatable bonds is 5. The molecule has 0 unspecified atom stereocenters. The Morgan fingerprint density at radius 2 is 1.92 bits per heavy atom. The normalized spacial score (nSPS) is 10.2. The minimum Gasteiger partial charge on any atom is -0.491 e. The van der Waals surface area contributed by atoms with Gasteiger partial charge in [-0.3, -0.25) is 9.59 Å². The van der Waals surface area contributed by atoms with E-state index >= 15 is 0 Å². The first-order valence-electron chi connectivity index (χ1n) is 7.67. The molecular weight excluding hydrogens is 347 g/mol. The molecule has 0 atom stereocenters. The molecular formula is C18H18ClFN2O3. The Morgan fingerprint density at radius 1 is 1.16 bits per heavy atom. The van der Waals surface area contributed by atoms with Crippen molar-refractivity contribution >= 4 is 29.1 Å². The lowest BCUT2D eigenvalue weighted by Crippen LogP contribution is -2.35. The zero-order valence-corrected chi connectivity index (χ0v) is 14.6. The maximum absolute atomic E-state index is 13.8. The highest BCUT2D eigenvalue weighted by Crippen LogP contribution is 2.20. The predicted molar refractivity (Wildman–Crippen MR) is 94.2 cm³/mol. The molecule has 0 aliphatic carbocycles. The van der Waals surface area contributed by atoms with E-state index in [0.29, 0.717) is 22.9 Å². The van der Waals surface area contributed by atoms with Crippen LogP contribution in [0.5, 0.6) is 5.75 Å². The van der Waals surface area contributed by atoms with Crippen molar-refractivity contribution in [1.82, 2.24) is 5.32 Å². The number of hydrogen-bond acceptors (Lipinski definition) is 3. The molecule has 0 aliphatic rings. The van der Waals surface area contributed by atoms with Gasteiger partial charge < -0.3 is 15.4 Å². The van der Waals surface area contributed by atoms with E-state index < -0.39 is 17.6 Å². The summed E-state index contributed by atoms with van der Waals surface area (Å²) in [4.78, 5) is 23.8. The van der Waals surface area contributed by atoms with Gasteiger partial charge in [-0.2, -0.15) is 0 Å². The zero-order valence-electron chi connectivity index (χ0n) is 13.9. The molecule has 2 N–H and O–H groups in total. The maximum atomic E-state index is 13.8. The quantitative estimate of drug-likeness (QED) is 0.798. The van der Waals surface area contributed by atoms with Crippen LogP contribution in [0.2, 0.25) is 5.02 Å². The van der Waals surface area contributed by atoms with Crippen LogP contribution in [0, 0.1) is 12.7 Å². The third-order valence-electron chi connectivity index (χ3n) is 3.40. The maximum Gasteiger partial charge on any atom is 0.313 e. The second-order valence-electron chi connectivity index (χ2n) is 5.29. The smallest absolute Gasteiger partial charge is 0.313 e. The standard InChI is InChI=1S/C18H18ClFN2O3/c1-3-25-16-7-5-12(8-14(16)20)10-21-17(23)18(24)22-15-9-13(19)6-4-11(15)2/h4-9H,3,10H2,1-2H3,(H,21,23)(H,22,24). The summed E-state index contributed by atoms with van der Waals surface area (Å²) in [5.74, 6) is -2.02. The number of amides is 2. The van der Waals surface area contributed by atoms with E-state index in [9.17, 15) is 14.0 Å². The summed E-state index contributed by atoms with van der Waals surface area (Å²) in [5, 5.41) is 5.39. The number of carbonyl (C=O) groups is 2. The van der Waals surface area contributed by atoms with Crippen LogP contribution < -0.4 is 15.4 Å². The minimum atomic E-state index is -0.825. The van der Waals surface area contributed by atoms with Gasteiger partial charge in [-0.25, -0.2) is 4.39 Å². The molecule has 0 saturated heterocycles. The molecule has 0 heterocycles. The Kier molecular flexibility index (Phi) is 6.36. The second kappa shape index (κ2) is 8.48. The molecule has 132 valence electrons. The average Bonchev–Trinajstić information content (AvgIpc) is 2.58. The lowest BCUT2D eigenvalue weighted by Gasteiger charge is -2.10. The second-order valence-corrected chi connectivity index (χ2v) is 5.73. The Morgan fingerprint density at radius 3 is 2.60 bits per heavy atom. The largest absolute Gasteiger partial charge is 0.491 e. The fraction of sp³-hybridized carbons (Fsp3) is 0.222. The van der Waals surface area contributed by atoms with Gasteiger partial charge in [0.2, 0.25) is 0 Å². The molecule has 2 rings (SSSR count). The van der Waals surface area contributed by atoms with Crippen molar-refractivity contribution in [3.05, 3.63) is 58.4 Å². The SMILES string of the molecule is CCOc1ccc(CNC(=O)C(=O)Nc2cc(Cl)ccc2C)cc1F. The number of hydrogen-bond donors (Lipinski definition) is 2. The van der Waals surface area contributed by atoms with Gasteiger partial charge >= 0.3 is 11.8 Å². The molecule has 7 heteroatoms. The summed E-state index contributed by atoms with van der Waals surface area (Å²) in [7, 11) is 0. The highest BCUT2D eigenvalue weighted by molar-refractivity contribution is 6.40. The summed E-state index contributed by atoms with van der Waals surface area (Å²) >= 11 is 5.87. The molecule has 2 aromatic rings. The lowest BCUT2D eigenvalue weighted by atomic mass is 10.2. The predicted octanol–water partition coefficient (Wildman–Crippen LogP) is 3.44. The van der Waals surface area contributed by atoms with E-state index in [1.807, 2.05) is 0 Å². The summed E-state index contributed by atoms with van der Waals surface area (Å²) < 4.78 is 18.9. The number of nitrogens with one attached hydrogen (secondary N) is 2. The number of ether oxygens (including phenoxy) is 1. The molecule has 0 saturated carbocycles. The fourth-order valence-corrected chi connectivity index (χ4v) is 2.27. The van der Waals surface area contributed by atoms with Crippen LogP contribution in [-0.4, -0.2) is 18.4 Å². The van der Waals surface area contributed by atoms with Gasteiger partial charge in [-0.15, -0.1) is 0 Å². The van der Waals surface area contributed by atoms with Crippen molar-refractivity contribution in [3.63, 3.8) is 0 Å². The average molecular weight is 365 g/mol. The Hall–Kier alpha value is -2.60.